The molecule has 3 aromatic carbocycles. The number of allylic oxidation sites excluding steroid dienone is 1. The topological polar surface area (TPSA) is 37.4 Å². The molecule has 1 aliphatic heterocycles. The maximum Gasteiger partial charge on any atom is 0.192 e. The highest BCUT2D eigenvalue weighted by molar-refractivity contribution is 8.00. The van der Waals surface area contributed by atoms with Crippen LogP contribution in [0, 0.1) is 12.3 Å². The summed E-state index contributed by atoms with van der Waals surface area (Å²) in [5.41, 5.74) is 5.78. The highest BCUT2D eigenvalue weighted by Crippen LogP contribution is 2.32. The molecule has 1 unspecified atom stereocenters. The van der Waals surface area contributed by atoms with Crippen molar-refractivity contribution in [1.29, 1.82) is 0 Å². The van der Waals surface area contributed by atoms with Crippen LogP contribution in [0.15, 0.2) is 113 Å². The van der Waals surface area contributed by atoms with E-state index in [1.54, 1.807) is 36.6 Å². The number of rotatable bonds is 8. The standard InChI is InChI=1S/C17H21N3OS2.C9H12.C7H8.C5H12.C2H6/c1-3-4-15-16(21-2)9-11-20(15)13-5-7-14(8-6-13)23-19-17-18-10-12-22-17;1-2-6-9-7-4-3-5-8-9;1-7-5-3-2-4-6-7;1-5(2,3)4;1-2/h4-8,10,12,16H,3,9,11H2,1-2H3,(H,18,19);3-5,7-8H,2,6H2,1H3;2-6H,1H3;1-4H3;1-2H3/b15-4+;;;;. The number of aryl methyl sites for hydroxylation is 2. The molecule has 1 N–H and O–H groups in total. The predicted molar refractivity (Wildman–Crippen MR) is 207 cm³/mol. The molecule has 5 rings (SSSR count). The fourth-order valence-corrected chi connectivity index (χ4v) is 5.42. The highest BCUT2D eigenvalue weighted by Gasteiger charge is 2.28. The zero-order valence-electron chi connectivity index (χ0n) is 30.0. The average molecular weight is 662 g/mol. The van der Waals surface area contributed by atoms with Crippen molar-refractivity contribution in [2.75, 3.05) is 23.3 Å². The van der Waals surface area contributed by atoms with Gasteiger partial charge in [0.25, 0.3) is 0 Å². The van der Waals surface area contributed by atoms with Crippen molar-refractivity contribution < 1.29 is 4.74 Å². The smallest absolute Gasteiger partial charge is 0.192 e. The van der Waals surface area contributed by atoms with E-state index in [4.69, 9.17) is 4.74 Å². The molecule has 46 heavy (non-hydrogen) atoms. The molecule has 0 spiro atoms. The number of methoxy groups -OCH3 is 1. The minimum absolute atomic E-state index is 0.218. The van der Waals surface area contributed by atoms with Crippen LogP contribution in [0.3, 0.4) is 0 Å². The molecule has 0 aliphatic carbocycles. The number of ether oxygens (including phenoxy) is 1. The Morgan fingerprint density at radius 3 is 1.98 bits per heavy atom. The largest absolute Gasteiger partial charge is 0.375 e. The predicted octanol–water partition coefficient (Wildman–Crippen LogP) is 12.5. The number of anilines is 2. The Morgan fingerprint density at radius 2 is 1.52 bits per heavy atom. The van der Waals surface area contributed by atoms with Gasteiger partial charge >= 0.3 is 0 Å². The van der Waals surface area contributed by atoms with Crippen molar-refractivity contribution in [2.24, 2.45) is 5.41 Å². The number of hydrogen-bond acceptors (Lipinski definition) is 6. The van der Waals surface area contributed by atoms with E-state index in [1.165, 1.54) is 40.2 Å². The van der Waals surface area contributed by atoms with Crippen LogP contribution in [0.25, 0.3) is 0 Å². The van der Waals surface area contributed by atoms with Gasteiger partial charge in [-0.15, -0.1) is 11.3 Å². The lowest BCUT2D eigenvalue weighted by atomic mass is 10.0. The van der Waals surface area contributed by atoms with E-state index in [2.05, 4.69) is 136 Å². The van der Waals surface area contributed by atoms with Gasteiger partial charge in [-0.3, -0.25) is 0 Å². The van der Waals surface area contributed by atoms with Gasteiger partial charge in [0.05, 0.1) is 6.10 Å². The van der Waals surface area contributed by atoms with E-state index in [-0.39, 0.29) is 6.10 Å². The number of nitrogens with zero attached hydrogens (tertiary/aromatic N) is 2. The minimum Gasteiger partial charge on any atom is -0.375 e. The maximum absolute atomic E-state index is 5.60. The summed E-state index contributed by atoms with van der Waals surface area (Å²) in [6, 6.07) is 29.5. The molecule has 0 bridgehead atoms. The summed E-state index contributed by atoms with van der Waals surface area (Å²) in [5.74, 6) is 0. The first-order chi connectivity index (χ1) is 22.1. The highest BCUT2D eigenvalue weighted by atomic mass is 32.2. The normalized spacial score (nSPS) is 14.3. The molecule has 4 nitrogen and oxygen atoms in total. The van der Waals surface area contributed by atoms with Gasteiger partial charge in [0.2, 0.25) is 0 Å². The van der Waals surface area contributed by atoms with E-state index >= 15 is 0 Å². The summed E-state index contributed by atoms with van der Waals surface area (Å²) in [6.45, 7) is 20.2. The van der Waals surface area contributed by atoms with Crippen molar-refractivity contribution in [1.82, 2.24) is 4.98 Å². The molecule has 6 heteroatoms. The first-order valence-electron chi connectivity index (χ1n) is 16.6. The molecule has 0 saturated carbocycles. The van der Waals surface area contributed by atoms with Crippen LogP contribution in [0.4, 0.5) is 10.8 Å². The second-order valence-electron chi connectivity index (χ2n) is 12.1. The fourth-order valence-electron chi connectivity index (χ4n) is 4.20. The van der Waals surface area contributed by atoms with Crippen LogP contribution in [0.1, 0.15) is 85.8 Å². The Kier molecular flexibility index (Phi) is 21.5. The minimum atomic E-state index is 0.218. The molecule has 1 atom stereocenters. The number of benzene rings is 3. The Labute approximate surface area is 289 Å². The van der Waals surface area contributed by atoms with Crippen LogP contribution in [0.5, 0.6) is 0 Å². The van der Waals surface area contributed by atoms with Crippen LogP contribution in [-0.4, -0.2) is 24.7 Å². The van der Waals surface area contributed by atoms with Gasteiger partial charge in [0, 0.05) is 41.5 Å². The molecule has 0 radical (unpaired) electrons. The van der Waals surface area contributed by atoms with Gasteiger partial charge < -0.3 is 14.4 Å². The molecule has 252 valence electrons. The zero-order chi connectivity index (χ0) is 34.2. The van der Waals surface area contributed by atoms with Crippen molar-refractivity contribution >= 4 is 34.1 Å². The monoisotopic (exact) mass is 661 g/mol. The third kappa shape index (κ3) is 18.2. The summed E-state index contributed by atoms with van der Waals surface area (Å²) in [6.07, 6.45) is 8.81. The van der Waals surface area contributed by atoms with E-state index in [0.29, 0.717) is 5.41 Å². The maximum atomic E-state index is 5.60. The van der Waals surface area contributed by atoms with E-state index in [0.717, 1.165) is 24.5 Å². The molecule has 2 heterocycles. The van der Waals surface area contributed by atoms with Crippen LogP contribution >= 0.6 is 23.3 Å². The summed E-state index contributed by atoms with van der Waals surface area (Å²) in [7, 11) is 1.79. The zero-order valence-corrected chi connectivity index (χ0v) is 31.7. The van der Waals surface area contributed by atoms with Crippen molar-refractivity contribution in [3.63, 3.8) is 0 Å². The van der Waals surface area contributed by atoms with Gasteiger partial charge in [-0.1, -0.05) is 134 Å². The van der Waals surface area contributed by atoms with E-state index in [9.17, 15) is 0 Å². The second kappa shape index (κ2) is 24.2. The summed E-state index contributed by atoms with van der Waals surface area (Å²) >= 11 is 3.19. The lowest BCUT2D eigenvalue weighted by Gasteiger charge is -2.22. The first-order valence-corrected chi connectivity index (χ1v) is 18.3. The molecule has 1 aliphatic rings. The number of hydrogen-bond donors (Lipinski definition) is 1. The molecule has 0 amide bonds. The van der Waals surface area contributed by atoms with Crippen LogP contribution < -0.4 is 9.62 Å². The van der Waals surface area contributed by atoms with Crippen LogP contribution in [-0.2, 0) is 11.2 Å². The Hall–Kier alpha value is -3.06. The molecule has 1 saturated heterocycles. The second-order valence-corrected chi connectivity index (χ2v) is 13.9. The third-order valence-electron chi connectivity index (χ3n) is 6.11. The summed E-state index contributed by atoms with van der Waals surface area (Å²) < 4.78 is 8.86. The van der Waals surface area contributed by atoms with Crippen molar-refractivity contribution in [2.45, 2.75) is 99.0 Å². The SMILES string of the molecule is CC.CC(C)(C)C.CC/C=C1\C(OC)CCN1c1ccc(SNc2nccs2)cc1.CCCc1ccccc1.Cc1ccccc1. The number of nitrogens with one attached hydrogen (secondary N) is 1. The van der Waals surface area contributed by atoms with Gasteiger partial charge in [-0.2, -0.15) is 0 Å². The van der Waals surface area contributed by atoms with Gasteiger partial charge in [-0.05, 0) is 73.4 Å². The van der Waals surface area contributed by atoms with E-state index in [1.807, 2.05) is 37.4 Å². The van der Waals surface area contributed by atoms with Crippen molar-refractivity contribution in [3.8, 4) is 0 Å². The fraction of sp³-hybridized carbons (Fsp3) is 0.425. The Bertz CT molecular complexity index is 1280. The van der Waals surface area contributed by atoms with E-state index < -0.39 is 0 Å². The Balaban J connectivity index is 0.000000375. The van der Waals surface area contributed by atoms with Gasteiger partial charge in [-0.25, -0.2) is 4.98 Å². The molecular weight excluding hydrogens is 603 g/mol. The van der Waals surface area contributed by atoms with Crippen molar-refractivity contribution in [3.05, 3.63) is 119 Å². The molecule has 1 aromatic heterocycles. The summed E-state index contributed by atoms with van der Waals surface area (Å²) in [5, 5.41) is 2.89. The molecule has 4 aromatic rings. The summed E-state index contributed by atoms with van der Waals surface area (Å²) in [4.78, 5) is 7.75. The quantitative estimate of drug-likeness (QED) is 0.190. The van der Waals surface area contributed by atoms with Gasteiger partial charge in [0.1, 0.15) is 0 Å². The number of thiazole rings is 1. The van der Waals surface area contributed by atoms with Crippen LogP contribution in [0.2, 0.25) is 0 Å². The number of aromatic nitrogens is 1. The van der Waals surface area contributed by atoms with Gasteiger partial charge in [0.15, 0.2) is 5.13 Å². The molecular formula is C40H59N3OS2. The third-order valence-corrected chi connectivity index (χ3v) is 7.73. The average Bonchev–Trinajstić information content (AvgIpc) is 3.73. The lowest BCUT2D eigenvalue weighted by Crippen LogP contribution is -2.19. The Morgan fingerprint density at radius 1 is 0.935 bits per heavy atom. The lowest BCUT2D eigenvalue weighted by molar-refractivity contribution is 0.138. The molecule has 1 fully saturated rings. The first kappa shape index (κ1) is 41.0.